The smallest absolute Gasteiger partial charge is 0.223 e. The van der Waals surface area contributed by atoms with Crippen LogP contribution in [-0.4, -0.2) is 38.8 Å². The standard InChI is InChI=1S/C19H21ClN6O/c1-13(15-4-2-3-5-16(15)20)22-19(27)14-8-10-25(11-9-14)18-7-6-17-23-21-12-26(17)24-18/h2-7,12-14H,8-11H2,1H3,(H,22,27). The molecule has 3 heterocycles. The van der Waals surface area contributed by atoms with Gasteiger partial charge in [-0.05, 0) is 43.5 Å². The van der Waals surface area contributed by atoms with E-state index >= 15 is 0 Å². The van der Waals surface area contributed by atoms with Crippen LogP contribution in [0.15, 0.2) is 42.7 Å². The van der Waals surface area contributed by atoms with Gasteiger partial charge >= 0.3 is 0 Å². The third-order valence-electron chi connectivity index (χ3n) is 5.07. The van der Waals surface area contributed by atoms with Gasteiger partial charge in [0.2, 0.25) is 5.91 Å². The van der Waals surface area contributed by atoms with Crippen LogP contribution in [-0.2, 0) is 4.79 Å². The molecule has 0 spiro atoms. The number of nitrogens with zero attached hydrogens (tertiary/aromatic N) is 5. The highest BCUT2D eigenvalue weighted by atomic mass is 35.5. The lowest BCUT2D eigenvalue weighted by Gasteiger charge is -2.32. The average molecular weight is 385 g/mol. The Morgan fingerprint density at radius 2 is 2.00 bits per heavy atom. The first-order valence-corrected chi connectivity index (χ1v) is 9.46. The summed E-state index contributed by atoms with van der Waals surface area (Å²) in [4.78, 5) is 14.9. The minimum atomic E-state index is -0.109. The lowest BCUT2D eigenvalue weighted by Crippen LogP contribution is -2.41. The molecule has 1 atom stereocenters. The highest BCUT2D eigenvalue weighted by Gasteiger charge is 2.27. The fourth-order valence-corrected chi connectivity index (χ4v) is 3.79. The summed E-state index contributed by atoms with van der Waals surface area (Å²) in [5, 5.41) is 16.1. The molecular weight excluding hydrogens is 364 g/mol. The molecule has 0 saturated carbocycles. The predicted octanol–water partition coefficient (Wildman–Crippen LogP) is 2.87. The molecule has 0 aliphatic carbocycles. The van der Waals surface area contributed by atoms with Crippen LogP contribution in [0.2, 0.25) is 5.02 Å². The van der Waals surface area contributed by atoms with Crippen molar-refractivity contribution in [2.24, 2.45) is 5.92 Å². The van der Waals surface area contributed by atoms with E-state index in [0.29, 0.717) is 5.02 Å². The Hall–Kier alpha value is -2.67. The van der Waals surface area contributed by atoms with Gasteiger partial charge in [-0.2, -0.15) is 4.52 Å². The van der Waals surface area contributed by atoms with Gasteiger partial charge in [-0.1, -0.05) is 29.8 Å². The molecule has 7 nitrogen and oxygen atoms in total. The summed E-state index contributed by atoms with van der Waals surface area (Å²) in [5.41, 5.74) is 1.66. The van der Waals surface area contributed by atoms with Crippen LogP contribution in [0.3, 0.4) is 0 Å². The van der Waals surface area contributed by atoms with Gasteiger partial charge in [-0.3, -0.25) is 4.79 Å². The van der Waals surface area contributed by atoms with Crippen molar-refractivity contribution in [1.29, 1.82) is 0 Å². The number of benzene rings is 1. The van der Waals surface area contributed by atoms with Crippen molar-refractivity contribution in [1.82, 2.24) is 25.1 Å². The van der Waals surface area contributed by atoms with E-state index in [1.165, 1.54) is 0 Å². The highest BCUT2D eigenvalue weighted by Crippen LogP contribution is 2.25. The molecule has 0 bridgehead atoms. The van der Waals surface area contributed by atoms with Crippen LogP contribution < -0.4 is 10.2 Å². The summed E-state index contributed by atoms with van der Waals surface area (Å²) in [5.74, 6) is 0.972. The van der Waals surface area contributed by atoms with Gasteiger partial charge in [0, 0.05) is 24.0 Å². The first-order valence-electron chi connectivity index (χ1n) is 9.08. The number of hydrogen-bond acceptors (Lipinski definition) is 5. The van der Waals surface area contributed by atoms with E-state index in [9.17, 15) is 4.79 Å². The van der Waals surface area contributed by atoms with Gasteiger partial charge in [0.1, 0.15) is 12.1 Å². The number of nitrogens with one attached hydrogen (secondary N) is 1. The van der Waals surface area contributed by atoms with Crippen LogP contribution in [0.25, 0.3) is 5.65 Å². The van der Waals surface area contributed by atoms with Gasteiger partial charge in [-0.25, -0.2) is 0 Å². The zero-order valence-electron chi connectivity index (χ0n) is 15.0. The van der Waals surface area contributed by atoms with E-state index in [1.807, 2.05) is 43.3 Å². The van der Waals surface area contributed by atoms with Crippen LogP contribution in [0.5, 0.6) is 0 Å². The fraction of sp³-hybridized carbons (Fsp3) is 0.368. The van der Waals surface area contributed by atoms with Crippen LogP contribution in [0.1, 0.15) is 31.4 Å². The maximum Gasteiger partial charge on any atom is 0.223 e. The van der Waals surface area contributed by atoms with Gasteiger partial charge in [0.05, 0.1) is 6.04 Å². The molecule has 0 radical (unpaired) electrons. The molecule has 1 unspecified atom stereocenters. The van der Waals surface area contributed by atoms with Crippen molar-refractivity contribution >= 4 is 29.0 Å². The van der Waals surface area contributed by atoms with Crippen LogP contribution in [0.4, 0.5) is 5.82 Å². The second-order valence-corrected chi connectivity index (χ2v) is 7.25. The number of carbonyl (C=O) groups is 1. The largest absolute Gasteiger partial charge is 0.355 e. The second-order valence-electron chi connectivity index (χ2n) is 6.84. The molecule has 1 amide bonds. The highest BCUT2D eigenvalue weighted by molar-refractivity contribution is 6.31. The number of amides is 1. The Morgan fingerprint density at radius 3 is 2.78 bits per heavy atom. The Kier molecular flexibility index (Phi) is 4.94. The van der Waals surface area contributed by atoms with E-state index in [0.717, 1.165) is 43.0 Å². The number of rotatable bonds is 4. The number of hydrogen-bond donors (Lipinski definition) is 1. The molecule has 1 aliphatic rings. The molecule has 1 N–H and O–H groups in total. The Morgan fingerprint density at radius 1 is 1.22 bits per heavy atom. The summed E-state index contributed by atoms with van der Waals surface area (Å²) < 4.78 is 1.67. The van der Waals surface area contributed by atoms with Gasteiger partial charge in [0.15, 0.2) is 5.65 Å². The van der Waals surface area contributed by atoms with Crippen LogP contribution in [0, 0.1) is 5.92 Å². The molecule has 1 saturated heterocycles. The normalized spacial score (nSPS) is 16.4. The van der Waals surface area contributed by atoms with E-state index in [1.54, 1.807) is 10.8 Å². The summed E-state index contributed by atoms with van der Waals surface area (Å²) in [6, 6.07) is 11.4. The minimum absolute atomic E-state index is 0.00447. The minimum Gasteiger partial charge on any atom is -0.355 e. The fourth-order valence-electron chi connectivity index (χ4n) is 3.49. The van der Waals surface area contributed by atoms with Crippen molar-refractivity contribution in [2.45, 2.75) is 25.8 Å². The van der Waals surface area contributed by atoms with E-state index < -0.39 is 0 Å². The quantitative estimate of drug-likeness (QED) is 0.748. The zero-order chi connectivity index (χ0) is 18.8. The summed E-state index contributed by atoms with van der Waals surface area (Å²) >= 11 is 6.23. The molecule has 3 aromatic rings. The molecule has 1 fully saturated rings. The van der Waals surface area contributed by atoms with Crippen LogP contribution >= 0.6 is 11.6 Å². The van der Waals surface area contributed by atoms with Crippen molar-refractivity contribution in [3.8, 4) is 0 Å². The molecule has 1 aromatic carbocycles. The number of aromatic nitrogens is 4. The van der Waals surface area contributed by atoms with E-state index in [2.05, 4.69) is 25.5 Å². The topological polar surface area (TPSA) is 75.4 Å². The van der Waals surface area contributed by atoms with Crippen molar-refractivity contribution < 1.29 is 4.79 Å². The number of fused-ring (bicyclic) bond motifs is 1. The third kappa shape index (κ3) is 3.73. The third-order valence-corrected chi connectivity index (χ3v) is 5.41. The SMILES string of the molecule is CC(NC(=O)C1CCN(c2ccc3nncn3n2)CC1)c1ccccc1Cl. The molecule has 2 aromatic heterocycles. The predicted molar refractivity (Wildman–Crippen MR) is 104 cm³/mol. The maximum atomic E-state index is 12.7. The second kappa shape index (κ2) is 7.52. The summed E-state index contributed by atoms with van der Waals surface area (Å²) in [7, 11) is 0. The Balaban J connectivity index is 1.35. The van der Waals surface area contributed by atoms with Crippen molar-refractivity contribution in [3.05, 3.63) is 53.3 Å². The van der Waals surface area contributed by atoms with Crippen molar-refractivity contribution in [2.75, 3.05) is 18.0 Å². The van der Waals surface area contributed by atoms with E-state index in [4.69, 9.17) is 11.6 Å². The maximum absolute atomic E-state index is 12.7. The van der Waals surface area contributed by atoms with Gasteiger partial charge < -0.3 is 10.2 Å². The Labute approximate surface area is 162 Å². The number of halogens is 1. The molecule has 27 heavy (non-hydrogen) atoms. The van der Waals surface area contributed by atoms with Gasteiger partial charge in [0.25, 0.3) is 0 Å². The summed E-state index contributed by atoms with van der Waals surface area (Å²) in [6.07, 6.45) is 3.18. The number of piperidine rings is 1. The number of anilines is 1. The first-order chi connectivity index (χ1) is 13.1. The average Bonchev–Trinajstić information content (AvgIpc) is 3.16. The number of carbonyl (C=O) groups excluding carboxylic acids is 1. The molecule has 8 heteroatoms. The molecular formula is C19H21ClN6O. The lowest BCUT2D eigenvalue weighted by molar-refractivity contribution is -0.126. The van der Waals surface area contributed by atoms with E-state index in [-0.39, 0.29) is 17.9 Å². The lowest BCUT2D eigenvalue weighted by atomic mass is 9.95. The zero-order valence-corrected chi connectivity index (χ0v) is 15.8. The van der Waals surface area contributed by atoms with Gasteiger partial charge in [-0.15, -0.1) is 15.3 Å². The monoisotopic (exact) mass is 384 g/mol. The Bertz CT molecular complexity index is 950. The summed E-state index contributed by atoms with van der Waals surface area (Å²) in [6.45, 7) is 3.55. The van der Waals surface area contributed by atoms with Crippen molar-refractivity contribution in [3.63, 3.8) is 0 Å². The molecule has 1 aliphatic heterocycles. The molecule has 140 valence electrons. The first kappa shape index (κ1) is 17.7. The molecule has 4 rings (SSSR count).